The topological polar surface area (TPSA) is 92.8 Å². The molecule has 5 rings (SSSR count). The van der Waals surface area contributed by atoms with Crippen molar-refractivity contribution in [2.24, 2.45) is 5.92 Å². The average molecular weight is 531 g/mol. The van der Waals surface area contributed by atoms with Gasteiger partial charge >= 0.3 is 5.97 Å². The fourth-order valence-corrected chi connectivity index (χ4v) is 6.29. The molecule has 1 aliphatic carbocycles. The second-order valence-corrected chi connectivity index (χ2v) is 11.1. The third kappa shape index (κ3) is 4.65. The van der Waals surface area contributed by atoms with Crippen molar-refractivity contribution in [3.8, 4) is 11.1 Å². The standard InChI is InChI=1S/C30H30N2O5S/c1-17(2)14-24(32-28(34)21-10-6-7-11-22(21)29(32)35)26(33)31-27-25(30(36)37-3)23(16-38-27)20-13-12-18-8-4-5-9-19(18)15-20/h6-7,10-13,15-17,24H,4-5,8-9,14H2,1-3H3,(H,31,33). The molecule has 1 aromatic heterocycles. The van der Waals surface area contributed by atoms with Gasteiger partial charge in [-0.2, -0.15) is 0 Å². The van der Waals surface area contributed by atoms with Crippen LogP contribution in [-0.2, 0) is 22.4 Å². The lowest BCUT2D eigenvalue weighted by atomic mass is 9.89. The zero-order valence-electron chi connectivity index (χ0n) is 21.7. The molecule has 2 aromatic carbocycles. The summed E-state index contributed by atoms with van der Waals surface area (Å²) in [5, 5.41) is 5.03. The lowest BCUT2D eigenvalue weighted by molar-refractivity contribution is -0.120. The molecule has 2 heterocycles. The molecule has 38 heavy (non-hydrogen) atoms. The van der Waals surface area contributed by atoms with Crippen molar-refractivity contribution in [1.82, 2.24) is 4.90 Å². The van der Waals surface area contributed by atoms with Crippen molar-refractivity contribution in [1.29, 1.82) is 0 Å². The highest BCUT2D eigenvalue weighted by Crippen LogP contribution is 2.38. The molecule has 0 saturated heterocycles. The molecule has 3 amide bonds. The van der Waals surface area contributed by atoms with Crippen molar-refractivity contribution >= 4 is 40.0 Å². The van der Waals surface area contributed by atoms with Crippen LogP contribution in [0.5, 0.6) is 0 Å². The first-order valence-electron chi connectivity index (χ1n) is 12.9. The summed E-state index contributed by atoms with van der Waals surface area (Å²) in [7, 11) is 1.31. The third-order valence-corrected chi connectivity index (χ3v) is 8.11. The van der Waals surface area contributed by atoms with Crippen molar-refractivity contribution in [3.63, 3.8) is 0 Å². The van der Waals surface area contributed by atoms with E-state index in [1.807, 2.05) is 25.3 Å². The van der Waals surface area contributed by atoms with E-state index in [4.69, 9.17) is 4.74 Å². The molecular weight excluding hydrogens is 500 g/mol. The summed E-state index contributed by atoms with van der Waals surface area (Å²) in [5.41, 5.74) is 5.05. The maximum atomic E-state index is 13.7. The molecule has 8 heteroatoms. The number of benzene rings is 2. The van der Waals surface area contributed by atoms with Crippen molar-refractivity contribution < 1.29 is 23.9 Å². The molecule has 7 nitrogen and oxygen atoms in total. The van der Waals surface area contributed by atoms with E-state index in [1.54, 1.807) is 24.3 Å². The summed E-state index contributed by atoms with van der Waals surface area (Å²) in [6.07, 6.45) is 4.66. The van der Waals surface area contributed by atoms with Crippen molar-refractivity contribution in [3.05, 3.63) is 75.7 Å². The Morgan fingerprint density at radius 1 is 0.974 bits per heavy atom. The van der Waals surface area contributed by atoms with Gasteiger partial charge in [-0.05, 0) is 66.8 Å². The van der Waals surface area contributed by atoms with E-state index < -0.39 is 29.7 Å². The lowest BCUT2D eigenvalue weighted by Crippen LogP contribution is -2.48. The first-order chi connectivity index (χ1) is 18.3. The number of ether oxygens (including phenoxy) is 1. The SMILES string of the molecule is COC(=O)c1c(-c2ccc3c(c2)CCCC3)csc1NC(=O)C(CC(C)C)N1C(=O)c2ccccc2C1=O. The predicted molar refractivity (Wildman–Crippen MR) is 147 cm³/mol. The number of nitrogens with one attached hydrogen (secondary N) is 1. The Balaban J connectivity index is 1.48. The van der Waals surface area contributed by atoms with Crippen LogP contribution in [-0.4, -0.2) is 41.7 Å². The van der Waals surface area contributed by atoms with Gasteiger partial charge in [-0.1, -0.05) is 44.2 Å². The van der Waals surface area contributed by atoms with Gasteiger partial charge in [0.05, 0.1) is 18.2 Å². The van der Waals surface area contributed by atoms with E-state index in [1.165, 1.54) is 36.0 Å². The fourth-order valence-electron chi connectivity index (χ4n) is 5.33. The largest absolute Gasteiger partial charge is 0.465 e. The number of esters is 1. The van der Waals surface area contributed by atoms with E-state index in [-0.39, 0.29) is 17.9 Å². The van der Waals surface area contributed by atoms with Gasteiger partial charge < -0.3 is 10.1 Å². The molecule has 0 radical (unpaired) electrons. The molecule has 0 bridgehead atoms. The van der Waals surface area contributed by atoms with Gasteiger partial charge in [-0.3, -0.25) is 19.3 Å². The highest BCUT2D eigenvalue weighted by molar-refractivity contribution is 7.15. The summed E-state index contributed by atoms with van der Waals surface area (Å²) >= 11 is 1.23. The number of methoxy groups -OCH3 is 1. The summed E-state index contributed by atoms with van der Waals surface area (Å²) in [5.74, 6) is -2.02. The number of nitrogens with zero attached hydrogens (tertiary/aromatic N) is 1. The Morgan fingerprint density at radius 2 is 1.63 bits per heavy atom. The van der Waals surface area contributed by atoms with E-state index in [9.17, 15) is 19.2 Å². The molecule has 0 saturated carbocycles. The first-order valence-corrected chi connectivity index (χ1v) is 13.8. The summed E-state index contributed by atoms with van der Waals surface area (Å²) in [4.78, 5) is 54.0. The Labute approximate surface area is 225 Å². The molecule has 1 aliphatic heterocycles. The number of amides is 3. The minimum atomic E-state index is -1.03. The molecule has 1 N–H and O–H groups in total. The van der Waals surface area contributed by atoms with Gasteiger partial charge in [0.25, 0.3) is 11.8 Å². The number of rotatable bonds is 7. The second kappa shape index (κ2) is 10.5. The van der Waals surface area contributed by atoms with Crippen LogP contribution >= 0.6 is 11.3 Å². The van der Waals surface area contributed by atoms with Crippen LogP contribution in [0, 0.1) is 5.92 Å². The molecule has 0 spiro atoms. The number of hydrogen-bond acceptors (Lipinski definition) is 6. The van der Waals surface area contributed by atoms with Gasteiger partial charge in [0.1, 0.15) is 16.6 Å². The number of anilines is 1. The molecule has 196 valence electrons. The number of hydrogen-bond donors (Lipinski definition) is 1. The van der Waals surface area contributed by atoms with E-state index in [0.717, 1.165) is 29.7 Å². The maximum absolute atomic E-state index is 13.7. The molecular formula is C30H30N2O5S. The highest BCUT2D eigenvalue weighted by atomic mass is 32.1. The maximum Gasteiger partial charge on any atom is 0.341 e. The molecule has 1 unspecified atom stereocenters. The summed E-state index contributed by atoms with van der Waals surface area (Å²) in [6.45, 7) is 3.86. The van der Waals surface area contributed by atoms with Crippen LogP contribution < -0.4 is 5.32 Å². The smallest absolute Gasteiger partial charge is 0.341 e. The molecule has 1 atom stereocenters. The molecule has 3 aromatic rings. The summed E-state index contributed by atoms with van der Waals surface area (Å²) < 4.78 is 5.09. The quantitative estimate of drug-likeness (QED) is 0.311. The van der Waals surface area contributed by atoms with E-state index in [2.05, 4.69) is 17.4 Å². The normalized spacial score (nSPS) is 15.3. The number of imide groups is 1. The van der Waals surface area contributed by atoms with E-state index >= 15 is 0 Å². The minimum Gasteiger partial charge on any atom is -0.465 e. The molecule has 0 fully saturated rings. The number of thiophene rings is 1. The predicted octanol–water partition coefficient (Wildman–Crippen LogP) is 5.73. The zero-order chi connectivity index (χ0) is 27.0. The number of carbonyl (C=O) groups is 4. The second-order valence-electron chi connectivity index (χ2n) is 10.2. The number of fused-ring (bicyclic) bond motifs is 2. The van der Waals surface area contributed by atoms with Crippen molar-refractivity contribution in [2.75, 3.05) is 12.4 Å². The van der Waals surface area contributed by atoms with Gasteiger partial charge in [-0.25, -0.2) is 4.79 Å². The Hall–Kier alpha value is -3.78. The summed E-state index contributed by atoms with van der Waals surface area (Å²) in [6, 6.07) is 11.8. The van der Waals surface area contributed by atoms with Crippen LogP contribution in [0.2, 0.25) is 0 Å². The Bertz CT molecular complexity index is 1410. The zero-order valence-corrected chi connectivity index (χ0v) is 22.5. The van der Waals surface area contributed by atoms with Crippen LogP contribution in [0.15, 0.2) is 47.8 Å². The molecule has 2 aliphatic rings. The fraction of sp³-hybridized carbons (Fsp3) is 0.333. The highest BCUT2D eigenvalue weighted by Gasteiger charge is 2.43. The van der Waals surface area contributed by atoms with Crippen LogP contribution in [0.1, 0.15) is 75.3 Å². The van der Waals surface area contributed by atoms with E-state index in [0.29, 0.717) is 21.7 Å². The van der Waals surface area contributed by atoms with Gasteiger partial charge in [0.15, 0.2) is 0 Å². The Morgan fingerprint density at radius 3 is 2.26 bits per heavy atom. The van der Waals surface area contributed by atoms with Gasteiger partial charge in [-0.15, -0.1) is 11.3 Å². The van der Waals surface area contributed by atoms with Gasteiger partial charge in [0.2, 0.25) is 5.91 Å². The Kier molecular flexibility index (Phi) is 7.17. The lowest BCUT2D eigenvalue weighted by Gasteiger charge is -2.26. The minimum absolute atomic E-state index is 0.0320. The monoisotopic (exact) mass is 530 g/mol. The number of carbonyl (C=O) groups excluding carboxylic acids is 4. The van der Waals surface area contributed by atoms with Crippen LogP contribution in [0.25, 0.3) is 11.1 Å². The third-order valence-electron chi connectivity index (χ3n) is 7.21. The van der Waals surface area contributed by atoms with Crippen LogP contribution in [0.3, 0.4) is 0 Å². The van der Waals surface area contributed by atoms with Crippen molar-refractivity contribution in [2.45, 2.75) is 52.0 Å². The first kappa shape index (κ1) is 25.9. The van der Waals surface area contributed by atoms with Crippen LogP contribution in [0.4, 0.5) is 5.00 Å². The average Bonchev–Trinajstić information content (AvgIpc) is 3.45. The van der Waals surface area contributed by atoms with Gasteiger partial charge in [0, 0.05) is 10.9 Å². The number of aryl methyl sites for hydroxylation is 2.